The van der Waals surface area contributed by atoms with E-state index in [2.05, 4.69) is 69.4 Å². The Morgan fingerprint density at radius 3 is 0.838 bits per heavy atom. The lowest BCUT2D eigenvalue weighted by molar-refractivity contribution is -0.167. The molecule has 0 aliphatic heterocycles. The summed E-state index contributed by atoms with van der Waals surface area (Å²) in [5, 5.41) is 0. The molecular formula is C62H112O6. The van der Waals surface area contributed by atoms with Crippen LogP contribution in [0.3, 0.4) is 0 Å². The Balaban J connectivity index is 4.35. The van der Waals surface area contributed by atoms with Gasteiger partial charge in [-0.3, -0.25) is 14.4 Å². The van der Waals surface area contributed by atoms with Gasteiger partial charge in [0.05, 0.1) is 0 Å². The number of carbonyl (C=O) groups is 3. The Morgan fingerprint density at radius 1 is 0.294 bits per heavy atom. The third-order valence-corrected chi connectivity index (χ3v) is 13.1. The predicted octanol–water partition coefficient (Wildman–Crippen LogP) is 19.8. The lowest BCUT2D eigenvalue weighted by atomic mass is 10.0. The van der Waals surface area contributed by atoms with E-state index in [0.29, 0.717) is 19.3 Å². The zero-order valence-electron chi connectivity index (χ0n) is 45.4. The maximum absolute atomic E-state index is 12.8. The van der Waals surface area contributed by atoms with Crippen LogP contribution in [0.1, 0.15) is 310 Å². The molecule has 1 unspecified atom stereocenters. The first-order valence-corrected chi connectivity index (χ1v) is 29.6. The largest absolute Gasteiger partial charge is 0.462 e. The zero-order valence-corrected chi connectivity index (χ0v) is 45.4. The van der Waals surface area contributed by atoms with Crippen LogP contribution in [-0.2, 0) is 28.6 Å². The molecule has 0 aromatic heterocycles. The lowest BCUT2D eigenvalue weighted by Crippen LogP contribution is -2.30. The van der Waals surface area contributed by atoms with Crippen molar-refractivity contribution in [3.63, 3.8) is 0 Å². The molecule has 0 rings (SSSR count). The van der Waals surface area contributed by atoms with Crippen molar-refractivity contribution in [2.24, 2.45) is 0 Å². The number of hydrogen-bond acceptors (Lipinski definition) is 6. The molecule has 0 amide bonds. The van der Waals surface area contributed by atoms with Gasteiger partial charge in [0.25, 0.3) is 0 Å². The molecule has 0 spiro atoms. The number of ether oxygens (including phenoxy) is 3. The Bertz CT molecular complexity index is 1190. The summed E-state index contributed by atoms with van der Waals surface area (Å²) in [7, 11) is 0. The molecule has 0 aliphatic carbocycles. The van der Waals surface area contributed by atoms with E-state index in [1.54, 1.807) is 0 Å². The van der Waals surface area contributed by atoms with Crippen molar-refractivity contribution < 1.29 is 28.6 Å². The van der Waals surface area contributed by atoms with Crippen LogP contribution in [-0.4, -0.2) is 37.2 Å². The number of esters is 3. The van der Waals surface area contributed by atoms with Crippen LogP contribution in [0, 0.1) is 0 Å². The topological polar surface area (TPSA) is 78.9 Å². The van der Waals surface area contributed by atoms with E-state index >= 15 is 0 Å². The fourth-order valence-electron chi connectivity index (χ4n) is 8.56. The summed E-state index contributed by atoms with van der Waals surface area (Å²) in [5.41, 5.74) is 0. The first kappa shape index (κ1) is 65.4. The monoisotopic (exact) mass is 953 g/mol. The molecule has 6 heteroatoms. The maximum atomic E-state index is 12.8. The first-order chi connectivity index (χ1) is 33.5. The number of hydrogen-bond donors (Lipinski definition) is 0. The highest BCUT2D eigenvalue weighted by Gasteiger charge is 2.19. The summed E-state index contributed by atoms with van der Waals surface area (Å²) >= 11 is 0. The molecule has 0 heterocycles. The van der Waals surface area contributed by atoms with E-state index in [1.165, 1.54) is 167 Å². The van der Waals surface area contributed by atoms with E-state index < -0.39 is 6.10 Å². The minimum atomic E-state index is -0.784. The van der Waals surface area contributed by atoms with Crippen molar-refractivity contribution in [1.29, 1.82) is 0 Å². The van der Waals surface area contributed by atoms with E-state index in [9.17, 15) is 14.4 Å². The van der Waals surface area contributed by atoms with E-state index in [-0.39, 0.29) is 31.1 Å². The summed E-state index contributed by atoms with van der Waals surface area (Å²) < 4.78 is 16.9. The van der Waals surface area contributed by atoms with Crippen LogP contribution in [0.5, 0.6) is 0 Å². The summed E-state index contributed by atoms with van der Waals surface area (Å²) in [6.07, 6.45) is 69.6. The molecular weight excluding hydrogens is 841 g/mol. The molecule has 0 aromatic carbocycles. The second-order valence-electron chi connectivity index (χ2n) is 19.9. The molecule has 0 saturated carbocycles. The molecule has 0 aromatic rings. The van der Waals surface area contributed by atoms with Crippen LogP contribution in [0.15, 0.2) is 48.6 Å². The smallest absolute Gasteiger partial charge is 0.306 e. The van der Waals surface area contributed by atoms with Gasteiger partial charge < -0.3 is 14.2 Å². The van der Waals surface area contributed by atoms with Gasteiger partial charge in [-0.05, 0) is 83.5 Å². The molecule has 6 nitrogen and oxygen atoms in total. The average molecular weight is 954 g/mol. The van der Waals surface area contributed by atoms with E-state index in [4.69, 9.17) is 14.2 Å². The molecule has 0 saturated heterocycles. The molecule has 68 heavy (non-hydrogen) atoms. The van der Waals surface area contributed by atoms with Crippen LogP contribution >= 0.6 is 0 Å². The molecule has 0 radical (unpaired) electrons. The van der Waals surface area contributed by atoms with Crippen LogP contribution in [0.25, 0.3) is 0 Å². The molecule has 0 aliphatic rings. The highest BCUT2D eigenvalue weighted by atomic mass is 16.6. The summed E-state index contributed by atoms with van der Waals surface area (Å²) in [6, 6.07) is 0. The van der Waals surface area contributed by atoms with Gasteiger partial charge >= 0.3 is 17.9 Å². The van der Waals surface area contributed by atoms with Crippen LogP contribution in [0.2, 0.25) is 0 Å². The minimum absolute atomic E-state index is 0.0805. The molecule has 0 bridgehead atoms. The Morgan fingerprint density at radius 2 is 0.529 bits per heavy atom. The molecule has 0 N–H and O–H groups in total. The van der Waals surface area contributed by atoms with E-state index in [0.717, 1.165) is 103 Å². The Kier molecular flexibility index (Phi) is 54.8. The van der Waals surface area contributed by atoms with Gasteiger partial charge in [-0.25, -0.2) is 0 Å². The van der Waals surface area contributed by atoms with E-state index in [1.807, 2.05) is 0 Å². The van der Waals surface area contributed by atoms with Crippen LogP contribution < -0.4 is 0 Å². The number of unbranched alkanes of at least 4 members (excludes halogenated alkanes) is 35. The predicted molar refractivity (Wildman–Crippen MR) is 293 cm³/mol. The molecule has 0 fully saturated rings. The molecule has 396 valence electrons. The highest BCUT2D eigenvalue weighted by molar-refractivity contribution is 5.71. The zero-order chi connectivity index (χ0) is 49.3. The first-order valence-electron chi connectivity index (χ1n) is 29.6. The molecule has 1 atom stereocenters. The van der Waals surface area contributed by atoms with Gasteiger partial charge in [0.1, 0.15) is 13.2 Å². The Labute approximate surface area is 422 Å². The van der Waals surface area contributed by atoms with Gasteiger partial charge in [0.2, 0.25) is 0 Å². The summed E-state index contributed by atoms with van der Waals surface area (Å²) in [4.78, 5) is 38.2. The minimum Gasteiger partial charge on any atom is -0.462 e. The third kappa shape index (κ3) is 54.3. The lowest BCUT2D eigenvalue weighted by Gasteiger charge is -2.18. The van der Waals surface area contributed by atoms with Crippen molar-refractivity contribution in [2.45, 2.75) is 316 Å². The standard InChI is InChI=1S/C62H112O6/c1-4-7-10-13-16-19-22-25-28-29-30-31-32-35-37-40-43-46-49-52-55-61(64)67-58-59(68-62(65)56-53-50-47-44-41-38-34-27-24-21-18-15-12-9-6-3)57-66-60(63)54-51-48-45-42-39-36-33-26-23-20-17-14-11-8-5-2/h17-18,20-21,26-27,33-34,59H,4-16,19,22-25,28-32,35-58H2,1-3H3/b20-17-,21-18-,33-26-,34-27-. The van der Waals surface area contributed by atoms with Crippen molar-refractivity contribution in [3.8, 4) is 0 Å². The van der Waals surface area contributed by atoms with Crippen LogP contribution in [0.4, 0.5) is 0 Å². The van der Waals surface area contributed by atoms with Gasteiger partial charge in [-0.1, -0.05) is 256 Å². The number of allylic oxidation sites excluding steroid dienone is 8. The second-order valence-corrected chi connectivity index (χ2v) is 19.9. The van der Waals surface area contributed by atoms with Crippen molar-refractivity contribution in [2.75, 3.05) is 13.2 Å². The average Bonchev–Trinajstić information content (AvgIpc) is 3.34. The number of carbonyl (C=O) groups excluding carboxylic acids is 3. The van der Waals surface area contributed by atoms with Gasteiger partial charge in [-0.15, -0.1) is 0 Å². The fraction of sp³-hybridized carbons (Fsp3) is 0.823. The van der Waals surface area contributed by atoms with Gasteiger partial charge in [0.15, 0.2) is 6.10 Å². The summed E-state index contributed by atoms with van der Waals surface area (Å²) in [6.45, 7) is 6.60. The second kappa shape index (κ2) is 57.0. The van der Waals surface area contributed by atoms with Gasteiger partial charge in [-0.2, -0.15) is 0 Å². The summed E-state index contributed by atoms with van der Waals surface area (Å²) in [5.74, 6) is -0.893. The third-order valence-electron chi connectivity index (χ3n) is 13.1. The van der Waals surface area contributed by atoms with Crippen molar-refractivity contribution >= 4 is 17.9 Å². The highest BCUT2D eigenvalue weighted by Crippen LogP contribution is 2.17. The van der Waals surface area contributed by atoms with Crippen molar-refractivity contribution in [1.82, 2.24) is 0 Å². The maximum Gasteiger partial charge on any atom is 0.306 e. The van der Waals surface area contributed by atoms with Gasteiger partial charge in [0, 0.05) is 19.3 Å². The number of rotatable bonds is 54. The fourth-order valence-corrected chi connectivity index (χ4v) is 8.56. The SMILES string of the molecule is CCCCC/C=C\C/C=C\CCCCCCCC(=O)OCC(COC(=O)CCCCCCCCCCCCCCCCCCCCCC)OC(=O)CCCCCCC/C=C\C/C=C\CCCCC. The quantitative estimate of drug-likeness (QED) is 0.0262. The Hall–Kier alpha value is -2.63. The normalized spacial score (nSPS) is 12.3. The van der Waals surface area contributed by atoms with Crippen molar-refractivity contribution in [3.05, 3.63) is 48.6 Å².